The minimum absolute atomic E-state index is 0.0295. The monoisotopic (exact) mass is 593 g/mol. The molecule has 1 aliphatic heterocycles. The molecule has 2 atom stereocenters. The molecule has 0 spiro atoms. The highest BCUT2D eigenvalue weighted by Gasteiger charge is 2.30. The van der Waals surface area contributed by atoms with Gasteiger partial charge in [0.15, 0.2) is 17.8 Å². The first-order valence-electron chi connectivity index (χ1n) is 14.9. The second-order valence-electron chi connectivity index (χ2n) is 12.0. The number of rotatable bonds is 6. The summed E-state index contributed by atoms with van der Waals surface area (Å²) < 4.78 is 29.8. The van der Waals surface area contributed by atoms with Gasteiger partial charge in [0.05, 0.1) is 30.6 Å². The number of halogens is 1. The van der Waals surface area contributed by atoms with Crippen LogP contribution in [0.3, 0.4) is 0 Å². The molecule has 1 aliphatic carbocycles. The molecule has 2 aromatic carbocycles. The number of nitrogens with zero attached hydrogens (tertiary/aromatic N) is 6. The maximum absolute atomic E-state index is 14.3. The van der Waals surface area contributed by atoms with Gasteiger partial charge < -0.3 is 28.9 Å². The molecule has 5 heterocycles. The summed E-state index contributed by atoms with van der Waals surface area (Å²) in [5, 5.41) is 1.01. The number of aromatic nitrogens is 5. The molecule has 8 rings (SSSR count). The Morgan fingerprint density at radius 1 is 1.14 bits per heavy atom. The van der Waals surface area contributed by atoms with Gasteiger partial charge in [0.25, 0.3) is 5.91 Å². The molecule has 1 amide bonds. The number of oxazole rings is 1. The van der Waals surface area contributed by atoms with Gasteiger partial charge in [0, 0.05) is 42.7 Å². The number of imidazole rings is 1. The van der Waals surface area contributed by atoms with E-state index in [9.17, 15) is 9.18 Å². The first kappa shape index (κ1) is 26.8. The number of hydrogen-bond acceptors (Lipinski definition) is 7. The van der Waals surface area contributed by atoms with Crippen molar-refractivity contribution in [2.45, 2.75) is 38.0 Å². The second-order valence-corrected chi connectivity index (χ2v) is 12.0. The van der Waals surface area contributed by atoms with Crippen molar-refractivity contribution in [2.75, 3.05) is 20.2 Å². The Labute approximate surface area is 252 Å². The lowest BCUT2D eigenvalue weighted by Gasteiger charge is -2.33. The van der Waals surface area contributed by atoms with Gasteiger partial charge in [-0.1, -0.05) is 12.1 Å². The van der Waals surface area contributed by atoms with Gasteiger partial charge in [0.1, 0.15) is 28.6 Å². The Morgan fingerprint density at radius 2 is 2.00 bits per heavy atom. The van der Waals surface area contributed by atoms with Crippen molar-refractivity contribution < 1.29 is 18.3 Å². The molecule has 224 valence electrons. The van der Waals surface area contributed by atoms with Gasteiger partial charge >= 0.3 is 0 Å². The van der Waals surface area contributed by atoms with Gasteiger partial charge in [0.2, 0.25) is 0 Å². The van der Waals surface area contributed by atoms with E-state index in [1.165, 1.54) is 24.1 Å². The van der Waals surface area contributed by atoms with Crippen LogP contribution in [0.5, 0.6) is 5.75 Å². The van der Waals surface area contributed by atoms with E-state index >= 15 is 0 Å². The molecule has 44 heavy (non-hydrogen) atoms. The highest BCUT2D eigenvalue weighted by atomic mass is 19.1. The van der Waals surface area contributed by atoms with Crippen molar-refractivity contribution in [1.29, 1.82) is 0 Å². The Hall–Kier alpha value is -4.77. The summed E-state index contributed by atoms with van der Waals surface area (Å²) in [6.45, 7) is 1.17. The number of pyridine rings is 1. The molecule has 2 fully saturated rings. The molecule has 1 saturated carbocycles. The number of fused-ring (bicyclic) bond motifs is 3. The van der Waals surface area contributed by atoms with Crippen LogP contribution in [-0.2, 0) is 13.6 Å². The number of aryl methyl sites for hydroxylation is 1. The molecule has 4 aromatic heterocycles. The van der Waals surface area contributed by atoms with Crippen LogP contribution in [0, 0.1) is 5.92 Å². The number of amides is 1. The molecular weight excluding hydrogens is 561 g/mol. The fourth-order valence-electron chi connectivity index (χ4n) is 6.54. The molecular formula is C33H32FN7O3. The number of alkyl halides is 1. The highest BCUT2D eigenvalue weighted by molar-refractivity contribution is 6.00. The first-order valence-corrected chi connectivity index (χ1v) is 14.9. The zero-order chi connectivity index (χ0) is 30.1. The topological polar surface area (TPSA) is 117 Å². The number of carbonyl (C=O) groups is 1. The molecule has 0 bridgehead atoms. The highest BCUT2D eigenvalue weighted by Crippen LogP contribution is 2.38. The van der Waals surface area contributed by atoms with Gasteiger partial charge in [-0.2, -0.15) is 0 Å². The summed E-state index contributed by atoms with van der Waals surface area (Å²) in [6.07, 6.45) is 2.94. The van der Waals surface area contributed by atoms with Crippen LogP contribution in [0.2, 0.25) is 0 Å². The van der Waals surface area contributed by atoms with Crippen LogP contribution in [0.25, 0.3) is 55.9 Å². The summed E-state index contributed by atoms with van der Waals surface area (Å²) in [5.74, 6) is 1.57. The van der Waals surface area contributed by atoms with Gasteiger partial charge in [-0.3, -0.25) is 4.79 Å². The maximum Gasteiger partial charge on any atom is 0.254 e. The zero-order valence-electron chi connectivity index (χ0n) is 24.5. The lowest BCUT2D eigenvalue weighted by atomic mass is 10.0. The number of para-hydroxylation sites is 1. The number of piperidine rings is 1. The Bertz CT molecular complexity index is 2060. The Balaban J connectivity index is 1.25. The van der Waals surface area contributed by atoms with Gasteiger partial charge in [-0.25, -0.2) is 19.3 Å². The number of benzene rings is 2. The molecule has 10 nitrogen and oxygen atoms in total. The maximum atomic E-state index is 14.3. The minimum atomic E-state index is -1.14. The predicted octanol–water partition coefficient (Wildman–Crippen LogP) is 5.33. The molecule has 2 aliphatic rings. The third-order valence-corrected chi connectivity index (χ3v) is 8.87. The molecule has 1 saturated heterocycles. The van der Waals surface area contributed by atoms with Crippen molar-refractivity contribution in [1.82, 2.24) is 29.0 Å². The van der Waals surface area contributed by atoms with E-state index in [0.29, 0.717) is 29.3 Å². The number of ether oxygens (including phenoxy) is 1. The summed E-state index contributed by atoms with van der Waals surface area (Å²) >= 11 is 0. The number of nitrogens with two attached hydrogens (primary N) is 1. The molecule has 0 unspecified atom stereocenters. The van der Waals surface area contributed by atoms with Crippen LogP contribution < -0.4 is 10.5 Å². The van der Waals surface area contributed by atoms with Crippen molar-refractivity contribution in [3.05, 3.63) is 60.5 Å². The average molecular weight is 594 g/mol. The van der Waals surface area contributed by atoms with E-state index in [0.717, 1.165) is 57.0 Å². The molecule has 11 heteroatoms. The Morgan fingerprint density at radius 3 is 2.80 bits per heavy atom. The van der Waals surface area contributed by atoms with Crippen molar-refractivity contribution in [3.63, 3.8) is 0 Å². The normalized spacial score (nSPS) is 19.0. The number of likely N-dealkylation sites (tertiary alicyclic amines) is 1. The van der Waals surface area contributed by atoms with Gasteiger partial charge in [-0.15, -0.1) is 0 Å². The second kappa shape index (κ2) is 10.2. The summed E-state index contributed by atoms with van der Waals surface area (Å²) in [6, 6.07) is 15.2. The largest absolute Gasteiger partial charge is 0.494 e. The SMILES string of the molecule is COc1cc(C(=O)N2C[C@H](N)C[C@@H](F)C2)cc2nc(-c3cc4ccc(-c5cccc6ocnc56)nc4n3CC3CC3)n(C)c12. The minimum Gasteiger partial charge on any atom is -0.494 e. The van der Waals surface area contributed by atoms with Crippen LogP contribution in [-0.4, -0.2) is 67.3 Å². The average Bonchev–Trinajstić information content (AvgIpc) is 3.43. The standard InChI is InChI=1S/C33H32FN7O3/c1-39-30-25(10-20(12-28(30)43-2)33(42)40-15-21(34)13-22(35)16-40)38-32(39)26-11-19-8-9-24(37-31(19)41(26)14-18-6-7-18)23-4-3-5-27-29(23)36-17-44-27/h3-5,8-12,17-18,21-22H,6-7,13-16,35H2,1-2H3/t21-,22-/m1/s1. The van der Waals surface area contributed by atoms with E-state index in [1.807, 2.05) is 35.9 Å². The smallest absolute Gasteiger partial charge is 0.254 e. The van der Waals surface area contributed by atoms with E-state index in [-0.39, 0.29) is 24.9 Å². The Kier molecular flexibility index (Phi) is 6.19. The van der Waals surface area contributed by atoms with E-state index in [2.05, 4.69) is 21.7 Å². The van der Waals surface area contributed by atoms with Crippen molar-refractivity contribution >= 4 is 39.1 Å². The number of carbonyl (C=O) groups excluding carboxylic acids is 1. The predicted molar refractivity (Wildman–Crippen MR) is 165 cm³/mol. The van der Waals surface area contributed by atoms with E-state index < -0.39 is 6.17 Å². The zero-order valence-corrected chi connectivity index (χ0v) is 24.5. The number of methoxy groups -OCH3 is 1. The van der Waals surface area contributed by atoms with Crippen LogP contribution in [0.1, 0.15) is 29.6 Å². The lowest BCUT2D eigenvalue weighted by Crippen LogP contribution is -2.50. The fourth-order valence-corrected chi connectivity index (χ4v) is 6.54. The van der Waals surface area contributed by atoms with Crippen LogP contribution in [0.15, 0.2) is 59.3 Å². The summed E-state index contributed by atoms with van der Waals surface area (Å²) in [7, 11) is 3.53. The van der Waals surface area contributed by atoms with E-state index in [4.69, 9.17) is 24.9 Å². The quantitative estimate of drug-likeness (QED) is 0.278. The third kappa shape index (κ3) is 4.41. The number of hydrogen-bond donors (Lipinski definition) is 1. The van der Waals surface area contributed by atoms with Crippen molar-refractivity contribution in [2.24, 2.45) is 18.7 Å². The first-order chi connectivity index (χ1) is 21.4. The van der Waals surface area contributed by atoms with Crippen LogP contribution >= 0.6 is 0 Å². The lowest BCUT2D eigenvalue weighted by molar-refractivity contribution is 0.0606. The molecule has 0 radical (unpaired) electrons. The van der Waals surface area contributed by atoms with Crippen LogP contribution in [0.4, 0.5) is 4.39 Å². The fraction of sp³-hybridized carbons (Fsp3) is 0.333. The third-order valence-electron chi connectivity index (χ3n) is 8.87. The molecule has 2 N–H and O–H groups in total. The van der Waals surface area contributed by atoms with Gasteiger partial charge in [-0.05, 0) is 61.6 Å². The molecule has 6 aromatic rings. The van der Waals surface area contributed by atoms with Crippen molar-refractivity contribution in [3.8, 4) is 28.5 Å². The summed E-state index contributed by atoms with van der Waals surface area (Å²) in [5.41, 5.74) is 12.9. The summed E-state index contributed by atoms with van der Waals surface area (Å²) in [4.78, 5) is 29.6. The van der Waals surface area contributed by atoms with E-state index in [1.54, 1.807) is 19.2 Å².